The maximum absolute atomic E-state index is 12.6. The first-order chi connectivity index (χ1) is 9.73. The maximum Gasteiger partial charge on any atom is 0.265 e. The molecule has 4 nitrogen and oxygen atoms in total. The molecule has 21 heavy (non-hydrogen) atoms. The molecule has 2 rings (SSSR count). The topological polar surface area (TPSA) is 50.3 Å². The van der Waals surface area contributed by atoms with E-state index in [-0.39, 0.29) is 4.90 Å². The van der Waals surface area contributed by atoms with Crippen molar-refractivity contribution in [3.63, 3.8) is 0 Å². The normalized spacial score (nSPS) is 11.5. The fourth-order valence-electron chi connectivity index (χ4n) is 1.80. The number of aromatic nitrogens is 1. The molecule has 0 aliphatic carbocycles. The van der Waals surface area contributed by atoms with Crippen LogP contribution in [0.5, 0.6) is 0 Å². The van der Waals surface area contributed by atoms with Gasteiger partial charge in [0, 0.05) is 17.7 Å². The second-order valence-corrected chi connectivity index (χ2v) is 7.87. The van der Waals surface area contributed by atoms with Crippen molar-refractivity contribution in [1.82, 2.24) is 4.98 Å². The van der Waals surface area contributed by atoms with E-state index in [0.29, 0.717) is 16.4 Å². The predicted octanol–water partition coefficient (Wildman–Crippen LogP) is 3.94. The van der Waals surface area contributed by atoms with Crippen molar-refractivity contribution < 1.29 is 8.42 Å². The summed E-state index contributed by atoms with van der Waals surface area (Å²) in [6.07, 6.45) is 1.27. The van der Waals surface area contributed by atoms with Crippen LogP contribution in [-0.2, 0) is 10.0 Å². The van der Waals surface area contributed by atoms with Crippen LogP contribution in [0.3, 0.4) is 0 Å². The van der Waals surface area contributed by atoms with Crippen molar-refractivity contribution in [3.8, 4) is 0 Å². The first kappa shape index (κ1) is 16.3. The molecule has 1 aromatic carbocycles. The Balaban J connectivity index is 2.46. The lowest BCUT2D eigenvalue weighted by Gasteiger charge is -2.20. The van der Waals surface area contributed by atoms with Crippen molar-refractivity contribution >= 4 is 43.2 Å². The van der Waals surface area contributed by atoms with E-state index in [2.05, 4.69) is 20.9 Å². The van der Waals surface area contributed by atoms with Gasteiger partial charge in [-0.1, -0.05) is 27.5 Å². The van der Waals surface area contributed by atoms with Gasteiger partial charge in [0.1, 0.15) is 10.0 Å². The summed E-state index contributed by atoms with van der Waals surface area (Å²) in [7, 11) is -2.15. The Morgan fingerprint density at radius 3 is 2.43 bits per heavy atom. The zero-order chi connectivity index (χ0) is 15.8. The Labute approximate surface area is 137 Å². The monoisotopic (exact) mass is 388 g/mol. The number of sulfonamides is 1. The Morgan fingerprint density at radius 2 is 1.86 bits per heavy atom. The molecule has 0 saturated carbocycles. The van der Waals surface area contributed by atoms with E-state index in [1.165, 1.54) is 23.6 Å². The second-order valence-electron chi connectivity index (χ2n) is 4.68. The van der Waals surface area contributed by atoms with Crippen LogP contribution in [0.25, 0.3) is 0 Å². The SMILES string of the molecule is Cc1cc(N(C)S(=O)(=O)c2cnc(Cl)c(C)c2)ccc1Br. The van der Waals surface area contributed by atoms with Gasteiger partial charge in [-0.2, -0.15) is 0 Å². The average molecular weight is 390 g/mol. The van der Waals surface area contributed by atoms with E-state index in [1.54, 1.807) is 19.1 Å². The van der Waals surface area contributed by atoms with Crippen LogP contribution in [0.15, 0.2) is 39.8 Å². The maximum atomic E-state index is 12.6. The molecule has 0 saturated heterocycles. The molecule has 0 amide bonds. The van der Waals surface area contributed by atoms with E-state index in [0.717, 1.165) is 10.0 Å². The lowest BCUT2D eigenvalue weighted by molar-refractivity contribution is 0.594. The van der Waals surface area contributed by atoms with Crippen LogP contribution in [0.2, 0.25) is 5.15 Å². The zero-order valence-corrected chi connectivity index (χ0v) is 14.9. The number of halogens is 2. The number of hydrogen-bond acceptors (Lipinski definition) is 3. The van der Waals surface area contributed by atoms with Crippen LogP contribution in [0.4, 0.5) is 5.69 Å². The zero-order valence-electron chi connectivity index (χ0n) is 11.8. The Bertz CT molecular complexity index is 794. The molecular weight excluding hydrogens is 376 g/mol. The largest absolute Gasteiger partial charge is 0.269 e. The first-order valence-corrected chi connectivity index (χ1v) is 8.72. The van der Waals surface area contributed by atoms with Gasteiger partial charge in [-0.3, -0.25) is 4.31 Å². The summed E-state index contributed by atoms with van der Waals surface area (Å²) in [5.74, 6) is 0. The highest BCUT2D eigenvalue weighted by atomic mass is 79.9. The van der Waals surface area contributed by atoms with Crippen molar-refractivity contribution in [2.24, 2.45) is 0 Å². The summed E-state index contributed by atoms with van der Waals surface area (Å²) in [5.41, 5.74) is 2.17. The summed E-state index contributed by atoms with van der Waals surface area (Å²) in [5, 5.41) is 0.302. The molecule has 7 heteroatoms. The Kier molecular flexibility index (Phi) is 4.60. The van der Waals surface area contributed by atoms with Gasteiger partial charge < -0.3 is 0 Å². The molecule has 2 aromatic rings. The molecule has 0 bridgehead atoms. The number of pyridine rings is 1. The quantitative estimate of drug-likeness (QED) is 0.747. The van der Waals surface area contributed by atoms with Crippen molar-refractivity contribution in [2.75, 3.05) is 11.4 Å². The molecule has 0 aliphatic rings. The highest BCUT2D eigenvalue weighted by molar-refractivity contribution is 9.10. The number of nitrogens with zero attached hydrogens (tertiary/aromatic N) is 2. The molecule has 0 radical (unpaired) electrons. The third kappa shape index (κ3) is 3.22. The van der Waals surface area contributed by atoms with Gasteiger partial charge in [-0.05, 0) is 49.2 Å². The third-order valence-electron chi connectivity index (χ3n) is 3.15. The molecule has 0 aliphatic heterocycles. The summed E-state index contributed by atoms with van der Waals surface area (Å²) in [4.78, 5) is 4.02. The van der Waals surface area contributed by atoms with Gasteiger partial charge in [0.15, 0.2) is 0 Å². The molecular formula is C14H14BrClN2O2S. The minimum absolute atomic E-state index is 0.118. The lowest BCUT2D eigenvalue weighted by Crippen LogP contribution is -2.26. The minimum atomic E-state index is -3.66. The van der Waals surface area contributed by atoms with Gasteiger partial charge in [0.05, 0.1) is 5.69 Å². The summed E-state index contributed by atoms with van der Waals surface area (Å²) < 4.78 is 27.4. The standard InChI is InChI=1S/C14H14BrClN2O2S/c1-9-6-11(4-5-13(9)15)18(3)21(19,20)12-7-10(2)14(16)17-8-12/h4-8H,1-3H3. The molecule has 0 spiro atoms. The van der Waals surface area contributed by atoms with Crippen LogP contribution in [0, 0.1) is 13.8 Å². The van der Waals surface area contributed by atoms with E-state index in [4.69, 9.17) is 11.6 Å². The molecule has 1 heterocycles. The summed E-state index contributed by atoms with van der Waals surface area (Å²) in [6, 6.07) is 6.89. The van der Waals surface area contributed by atoms with Crippen LogP contribution in [0.1, 0.15) is 11.1 Å². The van der Waals surface area contributed by atoms with Crippen LogP contribution >= 0.6 is 27.5 Å². The molecule has 0 unspecified atom stereocenters. The van der Waals surface area contributed by atoms with Gasteiger partial charge >= 0.3 is 0 Å². The average Bonchev–Trinajstić information content (AvgIpc) is 2.44. The van der Waals surface area contributed by atoms with Crippen molar-refractivity contribution in [1.29, 1.82) is 0 Å². The van der Waals surface area contributed by atoms with E-state index >= 15 is 0 Å². The number of aryl methyl sites for hydroxylation is 2. The van der Waals surface area contributed by atoms with E-state index in [1.807, 2.05) is 13.0 Å². The Hall–Kier alpha value is -1.11. The third-order valence-corrected chi connectivity index (χ3v) is 6.19. The fourth-order valence-corrected chi connectivity index (χ4v) is 3.36. The van der Waals surface area contributed by atoms with Gasteiger partial charge in [0.25, 0.3) is 10.0 Å². The van der Waals surface area contributed by atoms with E-state index in [9.17, 15) is 8.42 Å². The first-order valence-electron chi connectivity index (χ1n) is 6.10. The van der Waals surface area contributed by atoms with Crippen molar-refractivity contribution in [2.45, 2.75) is 18.7 Å². The lowest BCUT2D eigenvalue weighted by atomic mass is 10.2. The molecule has 112 valence electrons. The highest BCUT2D eigenvalue weighted by Gasteiger charge is 2.22. The molecule has 0 fully saturated rings. The smallest absolute Gasteiger partial charge is 0.265 e. The molecule has 1 aromatic heterocycles. The number of rotatable bonds is 3. The molecule has 0 N–H and O–H groups in total. The van der Waals surface area contributed by atoms with Crippen LogP contribution in [-0.4, -0.2) is 20.4 Å². The summed E-state index contributed by atoms with van der Waals surface area (Å²) in [6.45, 7) is 3.63. The van der Waals surface area contributed by atoms with Gasteiger partial charge in [-0.15, -0.1) is 0 Å². The highest BCUT2D eigenvalue weighted by Crippen LogP contribution is 2.27. The van der Waals surface area contributed by atoms with Crippen molar-refractivity contribution in [3.05, 3.63) is 51.2 Å². The molecule has 0 atom stereocenters. The number of hydrogen-bond donors (Lipinski definition) is 0. The van der Waals surface area contributed by atoms with Gasteiger partial charge in [0.2, 0.25) is 0 Å². The minimum Gasteiger partial charge on any atom is -0.269 e. The summed E-state index contributed by atoms with van der Waals surface area (Å²) >= 11 is 9.24. The van der Waals surface area contributed by atoms with Crippen LogP contribution < -0.4 is 4.31 Å². The number of anilines is 1. The second kappa shape index (κ2) is 5.94. The fraction of sp³-hybridized carbons (Fsp3) is 0.214. The van der Waals surface area contributed by atoms with E-state index < -0.39 is 10.0 Å². The van der Waals surface area contributed by atoms with Gasteiger partial charge in [-0.25, -0.2) is 13.4 Å². The predicted molar refractivity (Wildman–Crippen MR) is 88.5 cm³/mol. The number of benzene rings is 1. The Morgan fingerprint density at radius 1 is 1.19 bits per heavy atom.